The largest absolute Gasteiger partial charge is 0.493 e. The summed E-state index contributed by atoms with van der Waals surface area (Å²) in [7, 11) is 0. The minimum atomic E-state index is -0.264. The molecule has 0 bridgehead atoms. The molecule has 0 saturated heterocycles. The van der Waals surface area contributed by atoms with Gasteiger partial charge < -0.3 is 9.47 Å². The highest BCUT2D eigenvalue weighted by Gasteiger charge is 2.05. The number of aliphatic imine (C=N–C) groups is 1. The van der Waals surface area contributed by atoms with E-state index in [0.717, 1.165) is 49.2 Å². The third-order valence-corrected chi connectivity index (χ3v) is 3.92. The maximum absolute atomic E-state index is 13.0. The molecule has 140 valence electrons. The van der Waals surface area contributed by atoms with E-state index < -0.39 is 0 Å². The van der Waals surface area contributed by atoms with Gasteiger partial charge in [-0.05, 0) is 54.8 Å². The molecule has 2 aromatic rings. The lowest BCUT2D eigenvalue weighted by molar-refractivity contribution is 0.118. The molecule has 3 nitrogen and oxygen atoms in total. The van der Waals surface area contributed by atoms with Crippen LogP contribution in [-0.2, 0) is 11.3 Å². The topological polar surface area (TPSA) is 30.8 Å². The Morgan fingerprint density at radius 3 is 2.42 bits per heavy atom. The van der Waals surface area contributed by atoms with E-state index in [2.05, 4.69) is 18.8 Å². The first-order valence-corrected chi connectivity index (χ1v) is 9.36. The van der Waals surface area contributed by atoms with Crippen LogP contribution in [0.5, 0.6) is 5.75 Å². The average molecular weight is 357 g/mol. The molecule has 0 aliphatic rings. The van der Waals surface area contributed by atoms with Crippen LogP contribution in [0.3, 0.4) is 0 Å². The highest BCUT2D eigenvalue weighted by molar-refractivity contribution is 5.85. The summed E-state index contributed by atoms with van der Waals surface area (Å²) >= 11 is 0. The summed E-state index contributed by atoms with van der Waals surface area (Å²) < 4.78 is 24.6. The summed E-state index contributed by atoms with van der Waals surface area (Å²) in [5, 5.41) is 0. The van der Waals surface area contributed by atoms with Gasteiger partial charge in [0.1, 0.15) is 11.6 Å². The first kappa shape index (κ1) is 20.1. The van der Waals surface area contributed by atoms with Crippen molar-refractivity contribution >= 4 is 11.9 Å². The normalized spacial score (nSPS) is 11.2. The Bertz CT molecular complexity index is 683. The molecule has 26 heavy (non-hydrogen) atoms. The Kier molecular flexibility index (Phi) is 8.84. The Hall–Kier alpha value is -2.20. The molecular weight excluding hydrogens is 329 g/mol. The van der Waals surface area contributed by atoms with Crippen molar-refractivity contribution in [3.63, 3.8) is 0 Å². The minimum Gasteiger partial charge on any atom is -0.493 e. The van der Waals surface area contributed by atoms with Gasteiger partial charge in [-0.3, -0.25) is 4.99 Å². The lowest BCUT2D eigenvalue weighted by Gasteiger charge is -2.11. The van der Waals surface area contributed by atoms with E-state index in [1.165, 1.54) is 12.1 Å². The average Bonchev–Trinajstić information content (AvgIpc) is 2.66. The molecule has 0 aliphatic heterocycles. The summed E-state index contributed by atoms with van der Waals surface area (Å²) in [5.41, 5.74) is 2.70. The van der Waals surface area contributed by atoms with Crippen molar-refractivity contribution in [3.05, 3.63) is 59.4 Å². The second-order valence-electron chi connectivity index (χ2n) is 6.21. The van der Waals surface area contributed by atoms with Crippen molar-refractivity contribution in [2.45, 2.75) is 46.1 Å². The molecule has 0 saturated carbocycles. The molecule has 0 N–H and O–H groups in total. The number of ether oxygens (including phenoxy) is 2. The first-order valence-electron chi connectivity index (χ1n) is 9.36. The Morgan fingerprint density at radius 1 is 0.962 bits per heavy atom. The van der Waals surface area contributed by atoms with Crippen LogP contribution in [0.1, 0.15) is 50.7 Å². The van der Waals surface area contributed by atoms with E-state index in [9.17, 15) is 4.39 Å². The molecule has 0 spiro atoms. The van der Waals surface area contributed by atoms with Gasteiger partial charge in [0.2, 0.25) is 0 Å². The summed E-state index contributed by atoms with van der Waals surface area (Å²) in [6, 6.07) is 12.2. The predicted octanol–water partition coefficient (Wildman–Crippen LogP) is 6.07. The van der Waals surface area contributed by atoms with E-state index in [4.69, 9.17) is 9.47 Å². The number of hydrogen-bond acceptors (Lipinski definition) is 3. The lowest BCUT2D eigenvalue weighted by Crippen LogP contribution is -2.02. The van der Waals surface area contributed by atoms with E-state index in [-0.39, 0.29) is 5.82 Å². The van der Waals surface area contributed by atoms with Gasteiger partial charge >= 0.3 is 0 Å². The maximum Gasteiger partial charge on any atom is 0.128 e. The smallest absolute Gasteiger partial charge is 0.128 e. The van der Waals surface area contributed by atoms with Gasteiger partial charge in [-0.25, -0.2) is 4.39 Å². The summed E-state index contributed by atoms with van der Waals surface area (Å²) in [5.74, 6) is 0.542. The van der Waals surface area contributed by atoms with Gasteiger partial charge in [-0.15, -0.1) is 0 Å². The number of halogens is 1. The monoisotopic (exact) mass is 357 g/mol. The van der Waals surface area contributed by atoms with Gasteiger partial charge in [0.25, 0.3) is 0 Å². The standard InChI is InChI=1S/C22H28FNO2/c1-3-5-13-25-17-18-7-8-19(22(15-18)26-14-6-4-2)16-24-21-11-9-20(23)10-12-21/h7-12,15-16H,3-6,13-14,17H2,1-2H3/b24-16+. The molecule has 2 rings (SSSR count). The highest BCUT2D eigenvalue weighted by atomic mass is 19.1. The van der Waals surface area contributed by atoms with Crippen molar-refractivity contribution in [3.8, 4) is 5.75 Å². The molecule has 0 aliphatic carbocycles. The zero-order valence-electron chi connectivity index (χ0n) is 15.7. The molecular formula is C22H28FNO2. The second kappa shape index (κ2) is 11.4. The zero-order chi connectivity index (χ0) is 18.6. The molecule has 0 amide bonds. The predicted molar refractivity (Wildman–Crippen MR) is 105 cm³/mol. The summed E-state index contributed by atoms with van der Waals surface area (Å²) in [6.07, 6.45) is 6.05. The van der Waals surface area contributed by atoms with Crippen LogP contribution in [0, 0.1) is 5.82 Å². The maximum atomic E-state index is 13.0. The fourth-order valence-corrected chi connectivity index (χ4v) is 2.33. The number of benzene rings is 2. The van der Waals surface area contributed by atoms with Crippen LogP contribution < -0.4 is 4.74 Å². The van der Waals surface area contributed by atoms with Crippen molar-refractivity contribution in [2.75, 3.05) is 13.2 Å². The van der Waals surface area contributed by atoms with Gasteiger partial charge in [0, 0.05) is 18.4 Å². The molecule has 4 heteroatoms. The van der Waals surface area contributed by atoms with Gasteiger partial charge in [0.15, 0.2) is 0 Å². The fourth-order valence-electron chi connectivity index (χ4n) is 2.33. The van der Waals surface area contributed by atoms with Crippen LogP contribution in [0.4, 0.5) is 10.1 Å². The first-order chi connectivity index (χ1) is 12.7. The molecule has 2 aromatic carbocycles. The van der Waals surface area contributed by atoms with Crippen molar-refractivity contribution in [1.82, 2.24) is 0 Å². The third kappa shape index (κ3) is 6.96. The molecule has 0 fully saturated rings. The number of nitrogens with zero attached hydrogens (tertiary/aromatic N) is 1. The van der Waals surface area contributed by atoms with Crippen LogP contribution >= 0.6 is 0 Å². The van der Waals surface area contributed by atoms with Gasteiger partial charge in [0.05, 0.1) is 18.9 Å². The van der Waals surface area contributed by atoms with Crippen molar-refractivity contribution in [2.24, 2.45) is 4.99 Å². The number of rotatable bonds is 11. The van der Waals surface area contributed by atoms with E-state index in [1.807, 2.05) is 18.2 Å². The van der Waals surface area contributed by atoms with E-state index in [1.54, 1.807) is 18.3 Å². The number of hydrogen-bond donors (Lipinski definition) is 0. The van der Waals surface area contributed by atoms with Crippen LogP contribution in [0.15, 0.2) is 47.5 Å². The van der Waals surface area contributed by atoms with Crippen molar-refractivity contribution < 1.29 is 13.9 Å². The zero-order valence-corrected chi connectivity index (χ0v) is 15.7. The van der Waals surface area contributed by atoms with Gasteiger partial charge in [-0.2, -0.15) is 0 Å². The van der Waals surface area contributed by atoms with E-state index >= 15 is 0 Å². The Morgan fingerprint density at radius 2 is 1.69 bits per heavy atom. The lowest BCUT2D eigenvalue weighted by atomic mass is 10.1. The summed E-state index contributed by atoms with van der Waals surface area (Å²) in [4.78, 5) is 4.42. The molecule has 0 unspecified atom stereocenters. The second-order valence-corrected chi connectivity index (χ2v) is 6.21. The minimum absolute atomic E-state index is 0.264. The van der Waals surface area contributed by atoms with Crippen LogP contribution in [0.25, 0.3) is 0 Å². The van der Waals surface area contributed by atoms with Gasteiger partial charge in [-0.1, -0.05) is 32.8 Å². The molecule has 0 aromatic heterocycles. The SMILES string of the molecule is CCCCOCc1ccc(/C=N/c2ccc(F)cc2)c(OCCCC)c1. The Labute approximate surface area is 155 Å². The van der Waals surface area contributed by atoms with E-state index in [0.29, 0.717) is 18.9 Å². The molecule has 0 heterocycles. The molecule has 0 atom stereocenters. The van der Waals surface area contributed by atoms with Crippen molar-refractivity contribution in [1.29, 1.82) is 0 Å². The van der Waals surface area contributed by atoms with Crippen LogP contribution in [-0.4, -0.2) is 19.4 Å². The van der Waals surface area contributed by atoms with Crippen LogP contribution in [0.2, 0.25) is 0 Å². The molecule has 0 radical (unpaired) electrons. The highest BCUT2D eigenvalue weighted by Crippen LogP contribution is 2.22. The summed E-state index contributed by atoms with van der Waals surface area (Å²) in [6.45, 7) is 6.32. The fraction of sp³-hybridized carbons (Fsp3) is 0.409. The quantitative estimate of drug-likeness (QED) is 0.361. The third-order valence-electron chi connectivity index (χ3n) is 3.92. The Balaban J connectivity index is 2.10. The number of unbranched alkanes of at least 4 members (excludes halogenated alkanes) is 2.